The Balaban J connectivity index is 1.86. The summed E-state index contributed by atoms with van der Waals surface area (Å²) in [7, 11) is 0. The molecule has 43 heavy (non-hydrogen) atoms. The molecule has 0 heterocycles. The normalized spacial score (nSPS) is 14.7. The molecule has 5 aromatic carbocycles. The number of hydrogen-bond acceptors (Lipinski definition) is 4. The van der Waals surface area contributed by atoms with Crippen molar-refractivity contribution in [3.63, 3.8) is 0 Å². The second kappa shape index (κ2) is 10.5. The molecule has 220 valence electrons. The zero-order valence-electron chi connectivity index (χ0n) is 24.1. The van der Waals surface area contributed by atoms with Gasteiger partial charge in [-0.1, -0.05) is 48.5 Å². The van der Waals surface area contributed by atoms with Gasteiger partial charge in [-0.2, -0.15) is 0 Å². The SMILES string of the molecule is Cc1cc(C2(c3cc(C)c(N)c(C)c3)c3cc(NS(=O)O)c(NS(=O)O)cc3-c3cc4ccccc4cc32)cc(C)c1N. The van der Waals surface area contributed by atoms with E-state index in [2.05, 4.69) is 58.0 Å². The summed E-state index contributed by atoms with van der Waals surface area (Å²) in [6.07, 6.45) is 0. The van der Waals surface area contributed by atoms with Crippen LogP contribution >= 0.6 is 0 Å². The molecule has 0 radical (unpaired) electrons. The molecule has 10 heteroatoms. The van der Waals surface area contributed by atoms with Crippen LogP contribution in [0, 0.1) is 27.7 Å². The summed E-state index contributed by atoms with van der Waals surface area (Å²) in [5, 5.41) is 2.09. The van der Waals surface area contributed by atoms with Gasteiger partial charge < -0.3 is 11.5 Å². The molecular weight excluding hydrogens is 581 g/mol. The number of fused-ring (bicyclic) bond motifs is 4. The second-order valence-electron chi connectivity index (χ2n) is 11.2. The van der Waals surface area contributed by atoms with E-state index in [0.29, 0.717) is 11.4 Å². The molecule has 0 aromatic heterocycles. The lowest BCUT2D eigenvalue weighted by atomic mass is 9.66. The summed E-state index contributed by atoms with van der Waals surface area (Å²) in [4.78, 5) is 0. The van der Waals surface area contributed by atoms with E-state index in [9.17, 15) is 17.5 Å². The van der Waals surface area contributed by atoms with Crippen molar-refractivity contribution in [3.8, 4) is 11.1 Å². The maximum absolute atomic E-state index is 12.0. The number of aryl methyl sites for hydroxylation is 4. The minimum atomic E-state index is -2.45. The monoisotopic (exact) mass is 612 g/mol. The van der Waals surface area contributed by atoms with Crippen LogP contribution in [0.3, 0.4) is 0 Å². The van der Waals surface area contributed by atoms with Crippen LogP contribution in [0.5, 0.6) is 0 Å². The summed E-state index contributed by atoms with van der Waals surface area (Å²) in [6.45, 7) is 7.95. The minimum Gasteiger partial charge on any atom is -0.398 e. The Morgan fingerprint density at radius 2 is 1.00 bits per heavy atom. The Labute approximate surface area is 255 Å². The Kier molecular flexibility index (Phi) is 7.05. The first-order chi connectivity index (χ1) is 20.4. The molecule has 5 aromatic rings. The third-order valence-corrected chi connectivity index (χ3v) is 9.38. The Bertz CT molecular complexity index is 1920. The van der Waals surface area contributed by atoms with Gasteiger partial charge in [-0.05, 0) is 118 Å². The van der Waals surface area contributed by atoms with Gasteiger partial charge in [0.15, 0.2) is 0 Å². The minimum absolute atomic E-state index is 0.205. The summed E-state index contributed by atoms with van der Waals surface area (Å²) in [5.41, 5.74) is 23.1. The van der Waals surface area contributed by atoms with E-state index < -0.39 is 27.9 Å². The van der Waals surface area contributed by atoms with Gasteiger partial charge in [-0.3, -0.25) is 18.5 Å². The van der Waals surface area contributed by atoms with E-state index in [-0.39, 0.29) is 11.4 Å². The lowest BCUT2D eigenvalue weighted by Crippen LogP contribution is -2.30. The fraction of sp³-hybridized carbons (Fsp3) is 0.152. The van der Waals surface area contributed by atoms with Crippen molar-refractivity contribution < 1.29 is 17.5 Å². The van der Waals surface area contributed by atoms with Gasteiger partial charge >= 0.3 is 0 Å². The van der Waals surface area contributed by atoms with Crippen LogP contribution in [0.25, 0.3) is 21.9 Å². The van der Waals surface area contributed by atoms with Crippen LogP contribution in [0.15, 0.2) is 72.8 Å². The third-order valence-electron chi connectivity index (χ3n) is 8.59. The summed E-state index contributed by atoms with van der Waals surface area (Å²) >= 11 is -4.87. The molecule has 0 amide bonds. The van der Waals surface area contributed by atoms with Gasteiger partial charge in [-0.15, -0.1) is 0 Å². The van der Waals surface area contributed by atoms with Crippen molar-refractivity contribution in [2.45, 2.75) is 33.1 Å². The average molecular weight is 613 g/mol. The highest BCUT2D eigenvalue weighted by Crippen LogP contribution is 2.59. The highest BCUT2D eigenvalue weighted by Gasteiger charge is 2.47. The first-order valence-electron chi connectivity index (χ1n) is 13.6. The molecule has 1 aliphatic rings. The fourth-order valence-corrected chi connectivity index (χ4v) is 7.29. The smallest absolute Gasteiger partial charge is 0.259 e. The fourth-order valence-electron chi connectivity index (χ4n) is 6.58. The molecule has 8 N–H and O–H groups in total. The number of benzene rings is 5. The van der Waals surface area contributed by atoms with Gasteiger partial charge in [0.25, 0.3) is 22.5 Å². The first kappa shape index (κ1) is 28.9. The zero-order chi connectivity index (χ0) is 30.8. The topological polar surface area (TPSA) is 151 Å². The number of rotatable bonds is 6. The highest BCUT2D eigenvalue weighted by molar-refractivity contribution is 7.81. The lowest BCUT2D eigenvalue weighted by molar-refractivity contribution is 0.568. The quantitative estimate of drug-likeness (QED) is 0.0910. The predicted molar refractivity (Wildman–Crippen MR) is 178 cm³/mol. The molecule has 0 saturated heterocycles. The molecule has 1 aliphatic carbocycles. The zero-order valence-corrected chi connectivity index (χ0v) is 25.7. The standard InChI is InChI=1S/C33H32N4O4S2/c1-17-9-23(10-18(2)31(17)34)33(24-11-19(3)32(35)20(4)12-24)27-14-22-8-6-5-7-21(22)13-25(27)26-15-29(36-42(38)39)30(16-28(26)33)37-43(40)41/h5-16,36-37H,34-35H2,1-4H3,(H,38,39)(H,40,41). The van der Waals surface area contributed by atoms with E-state index >= 15 is 0 Å². The average Bonchev–Trinajstić information content (AvgIpc) is 3.21. The Morgan fingerprint density at radius 3 is 1.47 bits per heavy atom. The number of nitrogens with two attached hydrogens (primary N) is 2. The van der Waals surface area contributed by atoms with Gasteiger partial charge in [0, 0.05) is 11.4 Å². The van der Waals surface area contributed by atoms with Crippen LogP contribution in [-0.2, 0) is 27.9 Å². The molecule has 0 bridgehead atoms. The molecular formula is C33H32N4O4S2. The van der Waals surface area contributed by atoms with Gasteiger partial charge in [0.05, 0.1) is 16.8 Å². The van der Waals surface area contributed by atoms with E-state index in [0.717, 1.165) is 66.4 Å². The molecule has 0 spiro atoms. The Hall–Kier alpha value is -4.22. The van der Waals surface area contributed by atoms with Crippen molar-refractivity contribution >= 4 is 56.1 Å². The van der Waals surface area contributed by atoms with Crippen LogP contribution in [0.1, 0.15) is 44.5 Å². The first-order valence-corrected chi connectivity index (χ1v) is 15.8. The highest BCUT2D eigenvalue weighted by atomic mass is 32.2. The third kappa shape index (κ3) is 4.58. The van der Waals surface area contributed by atoms with E-state index in [1.54, 1.807) is 12.1 Å². The van der Waals surface area contributed by atoms with Crippen LogP contribution in [0.2, 0.25) is 0 Å². The number of anilines is 4. The molecule has 2 unspecified atom stereocenters. The summed E-state index contributed by atoms with van der Waals surface area (Å²) in [6, 6.07) is 24.4. The maximum atomic E-state index is 12.0. The molecule has 0 saturated carbocycles. The summed E-state index contributed by atoms with van der Waals surface area (Å²) in [5.74, 6) is 0. The van der Waals surface area contributed by atoms with Gasteiger partial charge in [0.1, 0.15) is 0 Å². The van der Waals surface area contributed by atoms with E-state index in [1.165, 1.54) is 0 Å². The molecule has 8 nitrogen and oxygen atoms in total. The van der Waals surface area contributed by atoms with Crippen molar-refractivity contribution in [1.82, 2.24) is 0 Å². The van der Waals surface area contributed by atoms with Gasteiger partial charge in [0.2, 0.25) is 0 Å². The van der Waals surface area contributed by atoms with Crippen molar-refractivity contribution in [2.75, 3.05) is 20.9 Å². The maximum Gasteiger partial charge on any atom is 0.259 e. The number of hydrogen-bond donors (Lipinski definition) is 6. The second-order valence-corrected chi connectivity index (χ2v) is 12.6. The molecule has 0 fully saturated rings. The van der Waals surface area contributed by atoms with Gasteiger partial charge in [-0.25, -0.2) is 8.42 Å². The van der Waals surface area contributed by atoms with Crippen molar-refractivity contribution in [1.29, 1.82) is 0 Å². The van der Waals surface area contributed by atoms with E-state index in [1.807, 2.05) is 39.8 Å². The van der Waals surface area contributed by atoms with Crippen molar-refractivity contribution in [2.24, 2.45) is 0 Å². The van der Waals surface area contributed by atoms with Crippen LogP contribution in [-0.4, -0.2) is 17.5 Å². The molecule has 0 aliphatic heterocycles. The number of nitrogen functional groups attached to an aromatic ring is 2. The molecule has 6 rings (SSSR count). The lowest BCUT2D eigenvalue weighted by Gasteiger charge is -2.36. The van der Waals surface area contributed by atoms with E-state index in [4.69, 9.17) is 11.5 Å². The van der Waals surface area contributed by atoms with Crippen LogP contribution in [0.4, 0.5) is 22.7 Å². The predicted octanol–water partition coefficient (Wildman–Crippen LogP) is 6.70. The molecule has 2 atom stereocenters. The van der Waals surface area contributed by atoms with Crippen LogP contribution < -0.4 is 20.9 Å². The van der Waals surface area contributed by atoms with Crippen molar-refractivity contribution in [3.05, 3.63) is 117 Å². The summed E-state index contributed by atoms with van der Waals surface area (Å²) < 4.78 is 48.6. The largest absolute Gasteiger partial charge is 0.398 e. The number of nitrogens with one attached hydrogen (secondary N) is 2. The Morgan fingerprint density at radius 1 is 0.605 bits per heavy atom.